The molecule has 1 aromatic carbocycles. The zero-order valence-corrected chi connectivity index (χ0v) is 22.7. The Bertz CT molecular complexity index is 1040. The second kappa shape index (κ2) is 12.1. The Morgan fingerprint density at radius 2 is 1.79 bits per heavy atom. The van der Waals surface area contributed by atoms with E-state index in [-0.39, 0.29) is 17.9 Å². The first kappa shape index (κ1) is 27.7. The Morgan fingerprint density at radius 3 is 2.39 bits per heavy atom. The monoisotopic (exact) mass is 548 g/mol. The number of benzene rings is 1. The molecule has 0 spiro atoms. The number of carbonyl (C=O) groups is 1. The van der Waals surface area contributed by atoms with E-state index in [0.717, 1.165) is 77.0 Å². The largest absolute Gasteiger partial charge is 0.480 e. The van der Waals surface area contributed by atoms with E-state index in [4.69, 9.17) is 0 Å². The summed E-state index contributed by atoms with van der Waals surface area (Å²) in [5, 5.41) is 14.3. The first-order valence-electron chi connectivity index (χ1n) is 14.1. The smallest absolute Gasteiger partial charge is 0.320 e. The summed E-state index contributed by atoms with van der Waals surface area (Å²) in [5.74, 6) is -2.62. The van der Waals surface area contributed by atoms with Crippen LogP contribution in [-0.2, 0) is 10.7 Å². The van der Waals surface area contributed by atoms with Gasteiger partial charge in [0.2, 0.25) is 0 Å². The Balaban J connectivity index is 1.15. The number of hydrogen-bond acceptors (Lipinski definition) is 4. The molecule has 208 valence electrons. The minimum atomic E-state index is -2.94. The van der Waals surface area contributed by atoms with Crippen molar-refractivity contribution in [3.8, 4) is 0 Å². The maximum Gasteiger partial charge on any atom is 0.320 e. The zero-order valence-electron chi connectivity index (χ0n) is 21.9. The van der Waals surface area contributed by atoms with Crippen LogP contribution in [0.3, 0.4) is 0 Å². The van der Waals surface area contributed by atoms with Crippen molar-refractivity contribution < 1.29 is 23.1 Å². The molecule has 2 aromatic rings. The van der Waals surface area contributed by atoms with Crippen molar-refractivity contribution in [1.82, 2.24) is 9.80 Å². The molecule has 8 heteroatoms. The van der Waals surface area contributed by atoms with Gasteiger partial charge in [-0.15, -0.1) is 0 Å². The zero-order chi connectivity index (χ0) is 26.7. The van der Waals surface area contributed by atoms with Gasteiger partial charge in [-0.25, -0.2) is 13.2 Å². The van der Waals surface area contributed by atoms with Crippen LogP contribution in [0, 0.1) is 23.6 Å². The predicted molar refractivity (Wildman–Crippen MR) is 144 cm³/mol. The van der Waals surface area contributed by atoms with E-state index in [1.807, 2.05) is 0 Å². The fourth-order valence-electron chi connectivity index (χ4n) is 6.67. The van der Waals surface area contributed by atoms with E-state index in [1.54, 1.807) is 11.3 Å². The van der Waals surface area contributed by atoms with Crippen LogP contribution < -0.4 is 0 Å². The summed E-state index contributed by atoms with van der Waals surface area (Å²) >= 11 is 1.69. The number of piperidine rings is 1. The van der Waals surface area contributed by atoms with Crippen molar-refractivity contribution in [2.75, 3.05) is 32.7 Å². The van der Waals surface area contributed by atoms with Crippen LogP contribution in [0.1, 0.15) is 68.4 Å². The average molecular weight is 549 g/mol. The van der Waals surface area contributed by atoms with E-state index < -0.39 is 23.8 Å². The number of likely N-dealkylation sites (tertiary alicyclic amines) is 2. The molecule has 0 bridgehead atoms. The quantitative estimate of drug-likeness (QED) is 0.334. The molecule has 5 rings (SSSR count). The van der Waals surface area contributed by atoms with E-state index in [1.165, 1.54) is 24.1 Å². The summed E-state index contributed by atoms with van der Waals surface area (Å²) in [5.41, 5.74) is 1.20. The lowest BCUT2D eigenvalue weighted by Crippen LogP contribution is -2.43. The van der Waals surface area contributed by atoms with Gasteiger partial charge in [-0.3, -0.25) is 9.69 Å². The number of nitrogens with zero attached hydrogens (tertiary/aromatic N) is 2. The van der Waals surface area contributed by atoms with Gasteiger partial charge in [-0.05, 0) is 91.0 Å². The molecule has 3 aliphatic rings. The summed E-state index contributed by atoms with van der Waals surface area (Å²) in [6.07, 6.45) is 6.34. The number of alkyl halides is 2. The van der Waals surface area contributed by atoms with Crippen LogP contribution in [0.25, 0.3) is 0 Å². The molecule has 1 N–H and O–H groups in total. The first-order valence-corrected chi connectivity index (χ1v) is 15.1. The van der Waals surface area contributed by atoms with Gasteiger partial charge in [-0.2, -0.15) is 11.3 Å². The van der Waals surface area contributed by atoms with Gasteiger partial charge >= 0.3 is 5.97 Å². The van der Waals surface area contributed by atoms with Gasteiger partial charge in [0.25, 0.3) is 5.92 Å². The number of hydrogen-bond donors (Lipinski definition) is 1. The van der Waals surface area contributed by atoms with Gasteiger partial charge in [-0.1, -0.05) is 31.4 Å². The van der Waals surface area contributed by atoms with Crippen molar-refractivity contribution in [1.29, 1.82) is 0 Å². The van der Waals surface area contributed by atoms with Crippen LogP contribution in [-0.4, -0.2) is 59.6 Å². The highest BCUT2D eigenvalue weighted by atomic mass is 32.1. The molecule has 3 heterocycles. The number of carboxylic acids is 1. The molecule has 0 amide bonds. The molecule has 38 heavy (non-hydrogen) atoms. The molecule has 1 aliphatic carbocycles. The maximum absolute atomic E-state index is 14.7. The third-order valence-corrected chi connectivity index (χ3v) is 9.98. The van der Waals surface area contributed by atoms with Crippen LogP contribution in [0.15, 0.2) is 41.1 Å². The van der Waals surface area contributed by atoms with Crippen molar-refractivity contribution in [2.45, 2.75) is 69.2 Å². The standard InChI is InChI=1S/C30H39F3N2O2S/c31-26-6-4-25(5-7-26)30(32,33)12-8-21-9-13-34(14-10-21)17-24-18-35(19-27(24)23-11-15-38-20-23)28(29(36)37)16-22-2-1-3-22/h4-7,11,15,20-22,24,27-28H,1-3,8-10,12-14,16-19H2,(H,36,37)/t24-,27+,28+/m0/s1. The van der Waals surface area contributed by atoms with Crippen molar-refractivity contribution in [3.05, 3.63) is 58.0 Å². The first-order chi connectivity index (χ1) is 18.3. The number of aliphatic carboxylic acids is 1. The summed E-state index contributed by atoms with van der Waals surface area (Å²) < 4.78 is 42.4. The highest BCUT2D eigenvalue weighted by molar-refractivity contribution is 7.08. The summed E-state index contributed by atoms with van der Waals surface area (Å²) in [7, 11) is 0. The Morgan fingerprint density at radius 1 is 1.05 bits per heavy atom. The molecule has 4 nitrogen and oxygen atoms in total. The second-order valence-corrected chi connectivity index (χ2v) is 12.5. The fourth-order valence-corrected chi connectivity index (χ4v) is 7.40. The molecule has 2 aliphatic heterocycles. The molecule has 0 unspecified atom stereocenters. The number of carboxylic acid groups (broad SMARTS) is 1. The molecule has 3 atom stereocenters. The topological polar surface area (TPSA) is 43.8 Å². The van der Waals surface area contributed by atoms with Crippen molar-refractivity contribution >= 4 is 17.3 Å². The third kappa shape index (κ3) is 6.62. The second-order valence-electron chi connectivity index (χ2n) is 11.8. The van der Waals surface area contributed by atoms with Crippen LogP contribution in [0.5, 0.6) is 0 Å². The van der Waals surface area contributed by atoms with Crippen LogP contribution in [0.4, 0.5) is 13.2 Å². The molecule has 2 saturated heterocycles. The summed E-state index contributed by atoms with van der Waals surface area (Å²) in [4.78, 5) is 16.9. The van der Waals surface area contributed by atoms with E-state index in [2.05, 4.69) is 26.6 Å². The Kier molecular flexibility index (Phi) is 8.80. The van der Waals surface area contributed by atoms with Crippen molar-refractivity contribution in [2.24, 2.45) is 17.8 Å². The fraction of sp³-hybridized carbons (Fsp3) is 0.633. The summed E-state index contributed by atoms with van der Waals surface area (Å²) in [6, 6.07) is 6.35. The normalized spacial score (nSPS) is 24.9. The van der Waals surface area contributed by atoms with Crippen LogP contribution in [0.2, 0.25) is 0 Å². The van der Waals surface area contributed by atoms with Crippen LogP contribution >= 0.6 is 11.3 Å². The minimum absolute atomic E-state index is 0.112. The van der Waals surface area contributed by atoms with Gasteiger partial charge in [0.05, 0.1) is 0 Å². The highest BCUT2D eigenvalue weighted by Gasteiger charge is 2.42. The van der Waals surface area contributed by atoms with E-state index in [0.29, 0.717) is 24.2 Å². The van der Waals surface area contributed by atoms with E-state index in [9.17, 15) is 23.1 Å². The van der Waals surface area contributed by atoms with Gasteiger partial charge < -0.3 is 10.0 Å². The Hall–Kier alpha value is -1.90. The molecule has 1 aromatic heterocycles. The predicted octanol–water partition coefficient (Wildman–Crippen LogP) is 6.83. The molecular formula is C30H39F3N2O2S. The molecule has 1 saturated carbocycles. The molecule has 0 radical (unpaired) electrons. The molecular weight excluding hydrogens is 509 g/mol. The average Bonchev–Trinajstić information content (AvgIpc) is 3.53. The van der Waals surface area contributed by atoms with E-state index >= 15 is 0 Å². The lowest BCUT2D eigenvalue weighted by atomic mass is 9.80. The van der Waals surface area contributed by atoms with Crippen molar-refractivity contribution in [3.63, 3.8) is 0 Å². The number of thiophene rings is 1. The Labute approximate surface area is 227 Å². The number of rotatable bonds is 11. The minimum Gasteiger partial charge on any atom is -0.480 e. The highest BCUT2D eigenvalue weighted by Crippen LogP contribution is 2.40. The summed E-state index contributed by atoms with van der Waals surface area (Å²) in [6.45, 7) is 4.30. The van der Waals surface area contributed by atoms with Gasteiger partial charge in [0.1, 0.15) is 11.9 Å². The lowest BCUT2D eigenvalue weighted by molar-refractivity contribution is -0.144. The third-order valence-electron chi connectivity index (χ3n) is 9.28. The van der Waals surface area contributed by atoms with Gasteiger partial charge in [0.15, 0.2) is 0 Å². The maximum atomic E-state index is 14.7. The van der Waals surface area contributed by atoms with Gasteiger partial charge in [0, 0.05) is 37.5 Å². The SMILES string of the molecule is O=C(O)[C@@H](CC1CCC1)N1C[C@H](CN2CCC(CCC(F)(F)c3ccc(F)cc3)CC2)[C@@H](c2ccsc2)C1. The molecule has 3 fully saturated rings. The lowest BCUT2D eigenvalue weighted by Gasteiger charge is -2.35. The number of halogens is 3.